The average Bonchev–Trinajstić information content (AvgIpc) is 2.40. The molecule has 1 fully saturated rings. The molecule has 2 amide bonds. The second-order valence-electron chi connectivity index (χ2n) is 5.56. The highest BCUT2D eigenvalue weighted by molar-refractivity contribution is 9.10. The standard InChI is InChI=1S/C15H19BrN2O2S/c1-10-8-11(16)4-5-12(10)21-9-13(19)18-7-6-17-14(20)15(18,2)3/h4-5,8H,6-7,9H2,1-3H3,(H,17,20). The molecule has 114 valence electrons. The topological polar surface area (TPSA) is 49.4 Å². The SMILES string of the molecule is Cc1cc(Br)ccc1SCC(=O)N1CCNC(=O)C1(C)C. The second-order valence-corrected chi connectivity index (χ2v) is 7.49. The van der Waals surface area contributed by atoms with Gasteiger partial charge in [-0.05, 0) is 44.5 Å². The number of hydrogen-bond acceptors (Lipinski definition) is 3. The maximum atomic E-state index is 12.4. The normalized spacial score (nSPS) is 17.5. The lowest BCUT2D eigenvalue weighted by molar-refractivity contribution is -0.147. The van der Waals surface area contributed by atoms with E-state index in [0.29, 0.717) is 18.8 Å². The van der Waals surface area contributed by atoms with E-state index in [1.807, 2.05) is 25.1 Å². The van der Waals surface area contributed by atoms with Gasteiger partial charge in [-0.3, -0.25) is 9.59 Å². The number of nitrogens with zero attached hydrogens (tertiary/aromatic N) is 1. The molecule has 1 N–H and O–H groups in total. The Hall–Kier alpha value is -1.01. The molecule has 0 saturated carbocycles. The lowest BCUT2D eigenvalue weighted by Gasteiger charge is -2.41. The van der Waals surface area contributed by atoms with Crippen LogP contribution in [0.4, 0.5) is 0 Å². The number of thioether (sulfide) groups is 1. The molecule has 6 heteroatoms. The van der Waals surface area contributed by atoms with Gasteiger partial charge < -0.3 is 10.2 Å². The number of rotatable bonds is 3. The molecule has 0 bridgehead atoms. The Kier molecular flexibility index (Phi) is 4.99. The molecule has 0 spiro atoms. The second kappa shape index (κ2) is 6.40. The van der Waals surface area contributed by atoms with E-state index in [1.54, 1.807) is 18.7 Å². The fraction of sp³-hybridized carbons (Fsp3) is 0.467. The van der Waals surface area contributed by atoms with Crippen molar-refractivity contribution in [3.8, 4) is 0 Å². The van der Waals surface area contributed by atoms with Crippen molar-refractivity contribution in [2.24, 2.45) is 0 Å². The van der Waals surface area contributed by atoms with Crippen molar-refractivity contribution in [1.82, 2.24) is 10.2 Å². The number of halogens is 1. The quantitative estimate of drug-likeness (QED) is 0.831. The molecule has 1 aliphatic heterocycles. The lowest BCUT2D eigenvalue weighted by atomic mass is 9.99. The van der Waals surface area contributed by atoms with E-state index >= 15 is 0 Å². The summed E-state index contributed by atoms with van der Waals surface area (Å²) in [7, 11) is 0. The van der Waals surface area contributed by atoms with Crippen molar-refractivity contribution in [2.45, 2.75) is 31.2 Å². The van der Waals surface area contributed by atoms with Gasteiger partial charge in [0, 0.05) is 22.5 Å². The predicted octanol–water partition coefficient (Wildman–Crippen LogP) is 2.59. The lowest BCUT2D eigenvalue weighted by Crippen LogP contribution is -2.63. The number of benzene rings is 1. The van der Waals surface area contributed by atoms with Gasteiger partial charge in [-0.25, -0.2) is 0 Å². The van der Waals surface area contributed by atoms with E-state index in [9.17, 15) is 9.59 Å². The van der Waals surface area contributed by atoms with E-state index in [2.05, 4.69) is 21.2 Å². The summed E-state index contributed by atoms with van der Waals surface area (Å²) in [5.41, 5.74) is 0.364. The van der Waals surface area contributed by atoms with E-state index in [-0.39, 0.29) is 11.8 Å². The number of hydrogen-bond donors (Lipinski definition) is 1. The van der Waals surface area contributed by atoms with Crippen LogP contribution in [0.25, 0.3) is 0 Å². The van der Waals surface area contributed by atoms with Crippen molar-refractivity contribution < 1.29 is 9.59 Å². The van der Waals surface area contributed by atoms with Crippen molar-refractivity contribution in [3.05, 3.63) is 28.2 Å². The predicted molar refractivity (Wildman–Crippen MR) is 88.4 cm³/mol. The Bertz CT molecular complexity index is 575. The first kappa shape index (κ1) is 16.4. The van der Waals surface area contributed by atoms with Crippen molar-refractivity contribution in [3.63, 3.8) is 0 Å². The van der Waals surface area contributed by atoms with Crippen LogP contribution in [0, 0.1) is 6.92 Å². The van der Waals surface area contributed by atoms with Crippen LogP contribution in [-0.4, -0.2) is 41.1 Å². The highest BCUT2D eigenvalue weighted by atomic mass is 79.9. The minimum atomic E-state index is -0.773. The molecule has 2 rings (SSSR count). The third-order valence-electron chi connectivity index (χ3n) is 3.64. The van der Waals surface area contributed by atoms with Crippen molar-refractivity contribution >= 4 is 39.5 Å². The molecule has 0 radical (unpaired) electrons. The van der Waals surface area contributed by atoms with Gasteiger partial charge in [0.15, 0.2) is 0 Å². The first-order valence-corrected chi connectivity index (χ1v) is 8.58. The highest BCUT2D eigenvalue weighted by Crippen LogP contribution is 2.27. The fourth-order valence-electron chi connectivity index (χ4n) is 2.33. The summed E-state index contributed by atoms with van der Waals surface area (Å²) in [6, 6.07) is 6.01. The van der Waals surface area contributed by atoms with Gasteiger partial charge in [0.1, 0.15) is 5.54 Å². The molecule has 21 heavy (non-hydrogen) atoms. The van der Waals surface area contributed by atoms with E-state index in [0.717, 1.165) is 14.9 Å². The average molecular weight is 371 g/mol. The third kappa shape index (κ3) is 3.61. The molecule has 1 aliphatic rings. The van der Waals surface area contributed by atoms with Gasteiger partial charge in [0.25, 0.3) is 0 Å². The van der Waals surface area contributed by atoms with Crippen LogP contribution in [0.3, 0.4) is 0 Å². The van der Waals surface area contributed by atoms with Crippen LogP contribution in [0.1, 0.15) is 19.4 Å². The first-order chi connectivity index (χ1) is 9.82. The summed E-state index contributed by atoms with van der Waals surface area (Å²) in [5, 5.41) is 2.80. The Morgan fingerprint density at radius 3 is 2.86 bits per heavy atom. The summed E-state index contributed by atoms with van der Waals surface area (Å²) < 4.78 is 1.03. The van der Waals surface area contributed by atoms with Gasteiger partial charge in [-0.1, -0.05) is 15.9 Å². The maximum absolute atomic E-state index is 12.4. The number of aryl methyl sites for hydroxylation is 1. The largest absolute Gasteiger partial charge is 0.352 e. The maximum Gasteiger partial charge on any atom is 0.245 e. The summed E-state index contributed by atoms with van der Waals surface area (Å²) in [4.78, 5) is 27.1. The van der Waals surface area contributed by atoms with Crippen LogP contribution < -0.4 is 5.32 Å². The molecule has 0 aliphatic carbocycles. The molecular formula is C15H19BrN2O2S. The Balaban J connectivity index is 2.03. The zero-order valence-corrected chi connectivity index (χ0v) is 14.8. The molecule has 4 nitrogen and oxygen atoms in total. The van der Waals surface area contributed by atoms with Crippen LogP contribution in [0.2, 0.25) is 0 Å². The zero-order valence-electron chi connectivity index (χ0n) is 12.4. The minimum Gasteiger partial charge on any atom is -0.352 e. The van der Waals surface area contributed by atoms with Gasteiger partial charge >= 0.3 is 0 Å². The molecule has 1 aromatic rings. The third-order valence-corrected chi connectivity index (χ3v) is 5.29. The molecular weight excluding hydrogens is 352 g/mol. The highest BCUT2D eigenvalue weighted by Gasteiger charge is 2.40. The summed E-state index contributed by atoms with van der Waals surface area (Å²) >= 11 is 4.95. The molecule has 1 heterocycles. The fourth-order valence-corrected chi connectivity index (χ4v) is 3.69. The molecule has 0 aromatic heterocycles. The van der Waals surface area contributed by atoms with Crippen molar-refractivity contribution in [1.29, 1.82) is 0 Å². The minimum absolute atomic E-state index is 0.00201. The number of piperazine rings is 1. The molecule has 0 atom stereocenters. The monoisotopic (exact) mass is 370 g/mol. The van der Waals surface area contributed by atoms with Crippen LogP contribution in [0.5, 0.6) is 0 Å². The van der Waals surface area contributed by atoms with Gasteiger partial charge in [-0.15, -0.1) is 11.8 Å². The first-order valence-electron chi connectivity index (χ1n) is 6.80. The number of amides is 2. The number of carbonyl (C=O) groups excluding carboxylic acids is 2. The summed E-state index contributed by atoms with van der Waals surface area (Å²) in [6.07, 6.45) is 0. The molecule has 1 aromatic carbocycles. The number of carbonyl (C=O) groups is 2. The summed E-state index contributed by atoms with van der Waals surface area (Å²) in [6.45, 7) is 6.69. The molecule has 0 unspecified atom stereocenters. The van der Waals surface area contributed by atoms with Gasteiger partial charge in [0.05, 0.1) is 5.75 Å². The zero-order chi connectivity index (χ0) is 15.6. The molecule has 1 saturated heterocycles. The number of nitrogens with one attached hydrogen (secondary N) is 1. The summed E-state index contributed by atoms with van der Waals surface area (Å²) in [5.74, 6) is 0.258. The van der Waals surface area contributed by atoms with Gasteiger partial charge in [-0.2, -0.15) is 0 Å². The van der Waals surface area contributed by atoms with Crippen LogP contribution in [-0.2, 0) is 9.59 Å². The Labute approximate surface area is 137 Å². The van der Waals surface area contributed by atoms with Crippen LogP contribution in [0.15, 0.2) is 27.6 Å². The van der Waals surface area contributed by atoms with Crippen LogP contribution >= 0.6 is 27.7 Å². The van der Waals surface area contributed by atoms with E-state index in [4.69, 9.17) is 0 Å². The Morgan fingerprint density at radius 1 is 1.48 bits per heavy atom. The van der Waals surface area contributed by atoms with E-state index in [1.165, 1.54) is 11.8 Å². The Morgan fingerprint density at radius 2 is 2.19 bits per heavy atom. The van der Waals surface area contributed by atoms with Crippen molar-refractivity contribution in [2.75, 3.05) is 18.8 Å². The smallest absolute Gasteiger partial charge is 0.245 e. The van der Waals surface area contributed by atoms with E-state index < -0.39 is 5.54 Å². The van der Waals surface area contributed by atoms with Gasteiger partial charge in [0.2, 0.25) is 11.8 Å².